The maximum absolute atomic E-state index is 12.2. The van der Waals surface area contributed by atoms with Crippen molar-refractivity contribution >= 4 is 15.9 Å². The average Bonchev–Trinajstić information content (AvgIpc) is 2.57. The highest BCUT2D eigenvalue weighted by atomic mass is 32.2. The second kappa shape index (κ2) is 5.89. The number of hydrogen-bond donors (Lipinski definition) is 1. The van der Waals surface area contributed by atoms with Gasteiger partial charge in [-0.2, -0.15) is 0 Å². The SMILES string of the molecule is CC(C)NC(=O)N1CC[C@@H]2[C@H](CC1)N(C)CCS2(=O)=O. The summed E-state index contributed by atoms with van der Waals surface area (Å²) in [7, 11) is -1.03. The number of nitrogens with one attached hydrogen (secondary N) is 1. The molecule has 0 aliphatic carbocycles. The Morgan fingerprint density at radius 2 is 1.85 bits per heavy atom. The zero-order valence-corrected chi connectivity index (χ0v) is 13.3. The number of carbonyl (C=O) groups excluding carboxylic acids is 1. The smallest absolute Gasteiger partial charge is 0.317 e. The van der Waals surface area contributed by atoms with Crippen molar-refractivity contribution < 1.29 is 13.2 Å². The number of likely N-dealkylation sites (tertiary alicyclic amines) is 1. The summed E-state index contributed by atoms with van der Waals surface area (Å²) < 4.78 is 24.4. The molecule has 2 fully saturated rings. The molecule has 2 atom stereocenters. The van der Waals surface area contributed by atoms with E-state index in [2.05, 4.69) is 10.2 Å². The van der Waals surface area contributed by atoms with Crippen LogP contribution in [-0.4, -0.2) is 74.0 Å². The Bertz CT molecular complexity index is 463. The van der Waals surface area contributed by atoms with Gasteiger partial charge in [0.2, 0.25) is 0 Å². The van der Waals surface area contributed by atoms with Gasteiger partial charge in [0.05, 0.1) is 11.0 Å². The van der Waals surface area contributed by atoms with E-state index in [1.165, 1.54) is 0 Å². The largest absolute Gasteiger partial charge is 0.336 e. The molecule has 116 valence electrons. The van der Waals surface area contributed by atoms with E-state index in [-0.39, 0.29) is 29.1 Å². The van der Waals surface area contributed by atoms with Gasteiger partial charge in [0.25, 0.3) is 0 Å². The highest BCUT2D eigenvalue weighted by Crippen LogP contribution is 2.26. The number of rotatable bonds is 1. The fraction of sp³-hybridized carbons (Fsp3) is 0.923. The Morgan fingerprint density at radius 1 is 1.20 bits per heavy atom. The number of amides is 2. The first-order chi connectivity index (χ1) is 9.31. The Kier molecular flexibility index (Phi) is 4.59. The summed E-state index contributed by atoms with van der Waals surface area (Å²) in [5.41, 5.74) is 0. The standard InChI is InChI=1S/C13H25N3O3S/c1-10(2)14-13(17)16-6-4-11-12(5-7-16)20(18,19)9-8-15(11)3/h10-12H,4-9H2,1-3H3,(H,14,17)/t11-,12+/m0/s1. The van der Waals surface area contributed by atoms with Gasteiger partial charge in [-0.1, -0.05) is 0 Å². The second-order valence-electron chi connectivity index (χ2n) is 6.12. The van der Waals surface area contributed by atoms with Gasteiger partial charge in [0.1, 0.15) is 0 Å². The zero-order valence-electron chi connectivity index (χ0n) is 12.5. The van der Waals surface area contributed by atoms with Crippen molar-refractivity contribution in [1.29, 1.82) is 0 Å². The van der Waals surface area contributed by atoms with Crippen molar-refractivity contribution in [1.82, 2.24) is 15.1 Å². The van der Waals surface area contributed by atoms with Crippen LogP contribution in [0.4, 0.5) is 4.79 Å². The summed E-state index contributed by atoms with van der Waals surface area (Å²) in [6, 6.07) is 0.0590. The molecule has 0 aromatic heterocycles. The van der Waals surface area contributed by atoms with Crippen LogP contribution in [-0.2, 0) is 9.84 Å². The van der Waals surface area contributed by atoms with E-state index in [1.54, 1.807) is 4.90 Å². The molecule has 0 aromatic rings. The maximum atomic E-state index is 12.2. The maximum Gasteiger partial charge on any atom is 0.317 e. The Morgan fingerprint density at radius 3 is 2.50 bits per heavy atom. The highest BCUT2D eigenvalue weighted by Gasteiger charge is 2.41. The van der Waals surface area contributed by atoms with E-state index in [0.29, 0.717) is 26.1 Å². The van der Waals surface area contributed by atoms with Crippen molar-refractivity contribution in [2.24, 2.45) is 0 Å². The Balaban J connectivity index is 2.09. The third-order valence-electron chi connectivity index (χ3n) is 4.26. The summed E-state index contributed by atoms with van der Waals surface area (Å²) in [5.74, 6) is 0.239. The molecule has 2 amide bonds. The minimum atomic E-state index is -3.01. The van der Waals surface area contributed by atoms with Crippen LogP contribution in [0.5, 0.6) is 0 Å². The van der Waals surface area contributed by atoms with E-state index in [9.17, 15) is 13.2 Å². The molecular formula is C13H25N3O3S. The third kappa shape index (κ3) is 3.25. The first kappa shape index (κ1) is 15.6. The predicted octanol–water partition coefficient (Wildman–Crippen LogP) is 0.298. The average molecular weight is 303 g/mol. The van der Waals surface area contributed by atoms with Crippen molar-refractivity contribution in [3.63, 3.8) is 0 Å². The van der Waals surface area contributed by atoms with Gasteiger partial charge < -0.3 is 15.1 Å². The van der Waals surface area contributed by atoms with Gasteiger partial charge in [-0.05, 0) is 33.7 Å². The van der Waals surface area contributed by atoms with E-state index >= 15 is 0 Å². The van der Waals surface area contributed by atoms with E-state index in [1.807, 2.05) is 20.9 Å². The molecule has 2 heterocycles. The minimum absolute atomic E-state index is 0.0469. The van der Waals surface area contributed by atoms with Gasteiger partial charge in [-0.15, -0.1) is 0 Å². The molecule has 1 N–H and O–H groups in total. The first-order valence-electron chi connectivity index (χ1n) is 7.28. The van der Waals surface area contributed by atoms with Crippen molar-refractivity contribution in [3.05, 3.63) is 0 Å². The molecule has 0 aromatic carbocycles. The molecule has 0 radical (unpaired) electrons. The molecule has 20 heavy (non-hydrogen) atoms. The summed E-state index contributed by atoms with van der Waals surface area (Å²) >= 11 is 0. The van der Waals surface area contributed by atoms with Gasteiger partial charge in [-0.25, -0.2) is 13.2 Å². The van der Waals surface area contributed by atoms with Crippen LogP contribution in [0.1, 0.15) is 26.7 Å². The summed E-state index contributed by atoms with van der Waals surface area (Å²) in [5, 5.41) is 2.56. The Labute approximate surface area is 121 Å². The normalized spacial score (nSPS) is 30.7. The molecule has 0 bridgehead atoms. The zero-order chi connectivity index (χ0) is 14.9. The fourth-order valence-electron chi connectivity index (χ4n) is 3.11. The molecule has 2 aliphatic heterocycles. The van der Waals surface area contributed by atoms with E-state index < -0.39 is 9.84 Å². The van der Waals surface area contributed by atoms with Crippen LogP contribution in [0.25, 0.3) is 0 Å². The summed E-state index contributed by atoms with van der Waals surface area (Å²) in [6.45, 7) is 5.59. The lowest BCUT2D eigenvalue weighted by Gasteiger charge is -2.37. The molecule has 0 saturated carbocycles. The molecule has 6 nitrogen and oxygen atoms in total. The fourth-order valence-corrected chi connectivity index (χ4v) is 5.25. The Hall–Kier alpha value is -0.820. The number of carbonyl (C=O) groups is 1. The number of urea groups is 1. The predicted molar refractivity (Wildman–Crippen MR) is 78.5 cm³/mol. The van der Waals surface area contributed by atoms with Crippen LogP contribution in [0, 0.1) is 0 Å². The van der Waals surface area contributed by atoms with Crippen molar-refractivity contribution in [3.8, 4) is 0 Å². The molecular weight excluding hydrogens is 278 g/mol. The monoisotopic (exact) mass is 303 g/mol. The summed E-state index contributed by atoms with van der Waals surface area (Å²) in [6.07, 6.45) is 1.27. The summed E-state index contributed by atoms with van der Waals surface area (Å²) in [4.78, 5) is 15.9. The number of nitrogens with zero attached hydrogens (tertiary/aromatic N) is 2. The molecule has 2 aliphatic rings. The van der Waals surface area contributed by atoms with Crippen molar-refractivity contribution in [2.75, 3.05) is 32.4 Å². The topological polar surface area (TPSA) is 69.7 Å². The molecule has 0 spiro atoms. The van der Waals surface area contributed by atoms with E-state index in [0.717, 1.165) is 6.42 Å². The second-order valence-corrected chi connectivity index (χ2v) is 8.46. The lowest BCUT2D eigenvalue weighted by molar-refractivity contribution is 0.192. The molecule has 7 heteroatoms. The highest BCUT2D eigenvalue weighted by molar-refractivity contribution is 7.92. The lowest BCUT2D eigenvalue weighted by Crippen LogP contribution is -2.52. The quantitative estimate of drug-likeness (QED) is 0.756. The number of sulfone groups is 1. The van der Waals surface area contributed by atoms with Crippen LogP contribution in [0.2, 0.25) is 0 Å². The minimum Gasteiger partial charge on any atom is -0.336 e. The molecule has 2 rings (SSSR count). The third-order valence-corrected chi connectivity index (χ3v) is 6.49. The molecule has 2 saturated heterocycles. The van der Waals surface area contributed by atoms with Crippen molar-refractivity contribution in [2.45, 2.75) is 44.0 Å². The van der Waals surface area contributed by atoms with Crippen LogP contribution >= 0.6 is 0 Å². The lowest BCUT2D eigenvalue weighted by atomic mass is 10.1. The number of fused-ring (bicyclic) bond motifs is 1. The van der Waals surface area contributed by atoms with E-state index in [4.69, 9.17) is 0 Å². The van der Waals surface area contributed by atoms with Gasteiger partial charge in [0, 0.05) is 31.7 Å². The van der Waals surface area contributed by atoms with Crippen LogP contribution in [0.3, 0.4) is 0 Å². The van der Waals surface area contributed by atoms with Gasteiger partial charge in [-0.3, -0.25) is 0 Å². The molecule has 0 unspecified atom stereocenters. The first-order valence-corrected chi connectivity index (χ1v) is 9.00. The number of hydrogen-bond acceptors (Lipinski definition) is 4. The van der Waals surface area contributed by atoms with Crippen LogP contribution < -0.4 is 5.32 Å². The van der Waals surface area contributed by atoms with Gasteiger partial charge in [0.15, 0.2) is 9.84 Å². The van der Waals surface area contributed by atoms with Gasteiger partial charge >= 0.3 is 6.03 Å². The van der Waals surface area contributed by atoms with Crippen LogP contribution in [0.15, 0.2) is 0 Å².